The average molecular weight is 300 g/mol. The maximum Gasteiger partial charge on any atom is 0.270 e. The quantitative estimate of drug-likeness (QED) is 0.483. The van der Waals surface area contributed by atoms with Crippen molar-refractivity contribution < 1.29 is 14.1 Å². The Morgan fingerprint density at radius 1 is 1.36 bits per heavy atom. The van der Waals surface area contributed by atoms with Gasteiger partial charge in [-0.3, -0.25) is 14.9 Å². The zero-order valence-electron chi connectivity index (χ0n) is 12.4. The molecular formula is C16H16N2O4. The van der Waals surface area contributed by atoms with Crippen molar-refractivity contribution in [2.75, 3.05) is 7.05 Å². The van der Waals surface area contributed by atoms with Gasteiger partial charge in [-0.25, -0.2) is 0 Å². The molecule has 22 heavy (non-hydrogen) atoms. The number of carbonyl (C=O) groups is 1. The molecule has 2 rings (SSSR count). The van der Waals surface area contributed by atoms with Crippen molar-refractivity contribution in [2.45, 2.75) is 13.5 Å². The van der Waals surface area contributed by atoms with E-state index in [2.05, 4.69) is 0 Å². The first kappa shape index (κ1) is 15.5. The van der Waals surface area contributed by atoms with Crippen LogP contribution in [0, 0.1) is 17.0 Å². The van der Waals surface area contributed by atoms with Gasteiger partial charge in [0.2, 0.25) is 5.91 Å². The van der Waals surface area contributed by atoms with Crippen molar-refractivity contribution in [2.24, 2.45) is 0 Å². The van der Waals surface area contributed by atoms with E-state index in [1.807, 2.05) is 19.1 Å². The summed E-state index contributed by atoms with van der Waals surface area (Å²) in [5.74, 6) is 1.29. The number of nitro groups is 1. The van der Waals surface area contributed by atoms with Gasteiger partial charge in [0.25, 0.3) is 5.69 Å². The van der Waals surface area contributed by atoms with Crippen molar-refractivity contribution in [3.05, 3.63) is 69.7 Å². The number of carbonyl (C=O) groups excluding carboxylic acids is 1. The highest BCUT2D eigenvalue weighted by Gasteiger charge is 2.09. The molecule has 0 aliphatic heterocycles. The van der Waals surface area contributed by atoms with Crippen LogP contribution >= 0.6 is 0 Å². The first-order valence-corrected chi connectivity index (χ1v) is 6.68. The lowest BCUT2D eigenvalue weighted by Gasteiger charge is -2.13. The van der Waals surface area contributed by atoms with Crippen molar-refractivity contribution in [1.29, 1.82) is 0 Å². The number of non-ortho nitro benzene ring substituents is 1. The maximum atomic E-state index is 12.0. The van der Waals surface area contributed by atoms with E-state index in [1.54, 1.807) is 25.3 Å². The molecule has 1 aromatic heterocycles. The smallest absolute Gasteiger partial charge is 0.270 e. The van der Waals surface area contributed by atoms with Gasteiger partial charge in [-0.15, -0.1) is 0 Å². The molecule has 0 unspecified atom stereocenters. The Balaban J connectivity index is 2.01. The largest absolute Gasteiger partial charge is 0.464 e. The third-order valence-corrected chi connectivity index (χ3v) is 3.06. The molecule has 1 amide bonds. The van der Waals surface area contributed by atoms with Crippen molar-refractivity contribution in [1.82, 2.24) is 4.90 Å². The number of aryl methyl sites for hydroxylation is 1. The summed E-state index contributed by atoms with van der Waals surface area (Å²) >= 11 is 0. The van der Waals surface area contributed by atoms with E-state index < -0.39 is 4.92 Å². The van der Waals surface area contributed by atoms with Gasteiger partial charge >= 0.3 is 0 Å². The lowest BCUT2D eigenvalue weighted by atomic mass is 10.2. The molecule has 114 valence electrons. The predicted octanol–water partition coefficient (Wildman–Crippen LogP) is 3.17. The highest BCUT2D eigenvalue weighted by Crippen LogP contribution is 2.14. The fourth-order valence-electron chi connectivity index (χ4n) is 1.92. The summed E-state index contributed by atoms with van der Waals surface area (Å²) in [6.07, 6.45) is 2.94. The number of benzene rings is 1. The molecule has 0 N–H and O–H groups in total. The van der Waals surface area contributed by atoms with E-state index in [0.29, 0.717) is 17.9 Å². The van der Waals surface area contributed by atoms with E-state index in [1.165, 1.54) is 23.1 Å². The molecule has 6 nitrogen and oxygen atoms in total. The zero-order valence-corrected chi connectivity index (χ0v) is 12.4. The Kier molecular flexibility index (Phi) is 4.73. The van der Waals surface area contributed by atoms with Gasteiger partial charge in [0.1, 0.15) is 11.5 Å². The molecule has 0 atom stereocenters. The molecule has 1 heterocycles. The molecule has 2 aromatic rings. The number of hydrogen-bond donors (Lipinski definition) is 0. The molecule has 0 saturated carbocycles. The summed E-state index contributed by atoms with van der Waals surface area (Å²) in [5, 5.41) is 10.7. The van der Waals surface area contributed by atoms with E-state index in [4.69, 9.17) is 4.42 Å². The highest BCUT2D eigenvalue weighted by molar-refractivity contribution is 5.91. The van der Waals surface area contributed by atoms with Gasteiger partial charge < -0.3 is 9.32 Å². The summed E-state index contributed by atoms with van der Waals surface area (Å²) in [6, 6.07) is 9.77. The standard InChI is InChI=1S/C16H16N2O4/c1-12-6-8-15(22-12)11-17(2)16(19)9-7-13-4-3-5-14(10-13)18(20)21/h3-10H,11H2,1-2H3/b9-7+. The monoisotopic (exact) mass is 300 g/mol. The maximum absolute atomic E-state index is 12.0. The minimum atomic E-state index is -0.468. The highest BCUT2D eigenvalue weighted by atomic mass is 16.6. The Morgan fingerprint density at radius 3 is 2.77 bits per heavy atom. The number of nitro benzene ring substituents is 1. The van der Waals surface area contributed by atoms with Crippen LogP contribution in [0.2, 0.25) is 0 Å². The molecular weight excluding hydrogens is 284 g/mol. The molecule has 0 radical (unpaired) electrons. The van der Waals surface area contributed by atoms with Crippen molar-refractivity contribution >= 4 is 17.7 Å². The second kappa shape index (κ2) is 6.71. The molecule has 0 aliphatic carbocycles. The lowest BCUT2D eigenvalue weighted by Crippen LogP contribution is -2.23. The van der Waals surface area contributed by atoms with Gasteiger partial charge in [-0.2, -0.15) is 0 Å². The summed E-state index contributed by atoms with van der Waals surface area (Å²) in [6.45, 7) is 2.21. The molecule has 0 aliphatic rings. The van der Waals surface area contributed by atoms with Crippen LogP contribution in [0.4, 0.5) is 5.69 Å². The van der Waals surface area contributed by atoms with Gasteiger partial charge in [0.15, 0.2) is 0 Å². The van der Waals surface area contributed by atoms with E-state index >= 15 is 0 Å². The molecule has 1 aromatic carbocycles. The summed E-state index contributed by atoms with van der Waals surface area (Å²) in [4.78, 5) is 23.7. The van der Waals surface area contributed by atoms with Crippen LogP contribution in [0.15, 0.2) is 46.9 Å². The number of nitrogens with zero attached hydrogens (tertiary/aromatic N) is 2. The van der Waals surface area contributed by atoms with E-state index in [0.717, 1.165) is 5.76 Å². The summed E-state index contributed by atoms with van der Waals surface area (Å²) < 4.78 is 5.42. The topological polar surface area (TPSA) is 76.6 Å². The Morgan fingerprint density at radius 2 is 2.14 bits per heavy atom. The van der Waals surface area contributed by atoms with Crippen molar-refractivity contribution in [3.8, 4) is 0 Å². The second-order valence-corrected chi connectivity index (χ2v) is 4.89. The average Bonchev–Trinajstić information content (AvgIpc) is 2.90. The van der Waals surface area contributed by atoms with Gasteiger partial charge in [-0.1, -0.05) is 12.1 Å². The Bertz CT molecular complexity index is 718. The number of hydrogen-bond acceptors (Lipinski definition) is 4. The minimum Gasteiger partial charge on any atom is -0.464 e. The fourth-order valence-corrected chi connectivity index (χ4v) is 1.92. The minimum absolute atomic E-state index is 0.00554. The SMILES string of the molecule is Cc1ccc(CN(C)C(=O)/C=C/c2cccc([N+](=O)[O-])c2)o1. The van der Waals surface area contributed by atoms with Crippen molar-refractivity contribution in [3.63, 3.8) is 0 Å². The third-order valence-electron chi connectivity index (χ3n) is 3.06. The van der Waals surface area contributed by atoms with E-state index in [9.17, 15) is 14.9 Å². The molecule has 6 heteroatoms. The lowest BCUT2D eigenvalue weighted by molar-refractivity contribution is -0.384. The van der Waals surface area contributed by atoms with Crippen LogP contribution in [0.1, 0.15) is 17.1 Å². The molecule has 0 fully saturated rings. The van der Waals surface area contributed by atoms with E-state index in [-0.39, 0.29) is 11.6 Å². The van der Waals surface area contributed by atoms with Crippen LogP contribution in [0.25, 0.3) is 6.08 Å². The zero-order chi connectivity index (χ0) is 16.1. The number of rotatable bonds is 5. The number of likely N-dealkylation sites (N-methyl/N-ethyl adjacent to an activating group) is 1. The van der Waals surface area contributed by atoms with Crippen LogP contribution < -0.4 is 0 Å². The second-order valence-electron chi connectivity index (χ2n) is 4.89. The fraction of sp³-hybridized carbons (Fsp3) is 0.188. The Labute approximate surface area is 127 Å². The van der Waals surface area contributed by atoms with Gasteiger partial charge in [0.05, 0.1) is 11.5 Å². The van der Waals surface area contributed by atoms with Crippen LogP contribution in [-0.4, -0.2) is 22.8 Å². The Hall–Kier alpha value is -2.89. The first-order valence-electron chi connectivity index (χ1n) is 6.68. The summed E-state index contributed by atoms with van der Waals surface area (Å²) in [5.41, 5.74) is 0.596. The number of amides is 1. The molecule has 0 bridgehead atoms. The predicted molar refractivity (Wildman–Crippen MR) is 82.0 cm³/mol. The van der Waals surface area contributed by atoms with Gasteiger partial charge in [0, 0.05) is 25.3 Å². The first-order chi connectivity index (χ1) is 10.5. The number of furan rings is 1. The molecule has 0 spiro atoms. The third kappa shape index (κ3) is 4.05. The molecule has 0 saturated heterocycles. The van der Waals surface area contributed by atoms with Crippen LogP contribution in [0.5, 0.6) is 0 Å². The van der Waals surface area contributed by atoms with Crippen LogP contribution in [0.3, 0.4) is 0 Å². The summed E-state index contributed by atoms with van der Waals surface area (Å²) in [7, 11) is 1.66. The van der Waals surface area contributed by atoms with Crippen LogP contribution in [-0.2, 0) is 11.3 Å². The van der Waals surface area contributed by atoms with Gasteiger partial charge in [-0.05, 0) is 30.7 Å². The normalized spacial score (nSPS) is 10.8.